The molecule has 2 atom stereocenters. The number of carbonyl (C=O) groups excluding carboxylic acids is 2. The number of ether oxygens (including phenoxy) is 4. The van der Waals surface area contributed by atoms with Crippen LogP contribution >= 0.6 is 0 Å². The van der Waals surface area contributed by atoms with Gasteiger partial charge in [-0.1, -0.05) is 82.0 Å². The second kappa shape index (κ2) is 17.3. The molecule has 0 saturated heterocycles. The quantitative estimate of drug-likeness (QED) is 0.0459. The summed E-state index contributed by atoms with van der Waals surface area (Å²) in [5.74, 6) is 0.964. The van der Waals surface area contributed by atoms with E-state index >= 15 is 0 Å². The van der Waals surface area contributed by atoms with Crippen LogP contribution in [0.15, 0.2) is 110 Å². The van der Waals surface area contributed by atoms with E-state index in [-0.39, 0.29) is 5.97 Å². The first-order valence-electron chi connectivity index (χ1n) is 17.3. The Labute approximate surface area is 290 Å². The highest BCUT2D eigenvalue weighted by atomic mass is 16.7. The van der Waals surface area contributed by atoms with E-state index in [1.54, 1.807) is 0 Å². The van der Waals surface area contributed by atoms with Crippen LogP contribution in [0.3, 0.4) is 0 Å². The Morgan fingerprint density at radius 2 is 1.22 bits per heavy atom. The number of unbranched alkanes of at least 4 members (excludes halogenated alkanes) is 3. The van der Waals surface area contributed by atoms with Crippen LogP contribution in [-0.4, -0.2) is 31.4 Å². The van der Waals surface area contributed by atoms with Crippen molar-refractivity contribution in [3.63, 3.8) is 0 Å². The van der Waals surface area contributed by atoms with Gasteiger partial charge in [-0.25, -0.2) is 9.59 Å². The molecule has 0 amide bonds. The van der Waals surface area contributed by atoms with Crippen LogP contribution < -0.4 is 9.47 Å². The Morgan fingerprint density at radius 3 is 1.78 bits per heavy atom. The zero-order valence-corrected chi connectivity index (χ0v) is 28.6. The van der Waals surface area contributed by atoms with Crippen LogP contribution in [0.25, 0.3) is 33.4 Å². The number of carbonyl (C=O) groups is 2. The third-order valence-electron chi connectivity index (χ3n) is 8.87. The van der Waals surface area contributed by atoms with E-state index in [1.807, 2.05) is 24.3 Å². The Balaban J connectivity index is 1.22. The molecular weight excluding hydrogens is 612 g/mol. The van der Waals surface area contributed by atoms with Crippen molar-refractivity contribution in [2.45, 2.75) is 71.0 Å². The SMILES string of the molecule is C=CC(=O)OCCCCCOc1ccc(-c2ccc3c(c2)C(CC)c2cc(-c4ccc(OC(CCCC)OC(=O)C=C)cc4)ccc2-3)cc1. The molecule has 6 nitrogen and oxygen atoms in total. The fraction of sp³-hybridized carbons (Fsp3) is 0.302. The van der Waals surface area contributed by atoms with E-state index < -0.39 is 12.3 Å². The number of hydrogen-bond acceptors (Lipinski definition) is 6. The van der Waals surface area contributed by atoms with Crippen molar-refractivity contribution in [3.8, 4) is 44.9 Å². The molecule has 0 spiro atoms. The molecule has 1 aliphatic carbocycles. The van der Waals surface area contributed by atoms with Gasteiger partial charge in [-0.3, -0.25) is 0 Å². The topological polar surface area (TPSA) is 71.1 Å². The summed E-state index contributed by atoms with van der Waals surface area (Å²) in [6, 6.07) is 29.9. The lowest BCUT2D eigenvalue weighted by atomic mass is 9.91. The Bertz CT molecular complexity index is 1740. The average Bonchev–Trinajstić information content (AvgIpc) is 3.45. The first-order valence-corrected chi connectivity index (χ1v) is 17.3. The summed E-state index contributed by atoms with van der Waals surface area (Å²) in [6.07, 6.45) is 7.86. The number of hydrogen-bond donors (Lipinski definition) is 0. The summed E-state index contributed by atoms with van der Waals surface area (Å²) in [7, 11) is 0. The maximum atomic E-state index is 11.8. The molecule has 0 radical (unpaired) electrons. The van der Waals surface area contributed by atoms with Crippen LogP contribution in [0.5, 0.6) is 11.5 Å². The molecule has 254 valence electrons. The van der Waals surface area contributed by atoms with Gasteiger partial charge < -0.3 is 18.9 Å². The molecule has 6 heteroatoms. The second-order valence-corrected chi connectivity index (χ2v) is 12.2. The third-order valence-corrected chi connectivity index (χ3v) is 8.87. The highest BCUT2D eigenvalue weighted by Gasteiger charge is 2.28. The van der Waals surface area contributed by atoms with E-state index in [1.165, 1.54) is 33.9 Å². The third kappa shape index (κ3) is 9.08. The van der Waals surface area contributed by atoms with E-state index in [4.69, 9.17) is 18.9 Å². The Morgan fingerprint density at radius 1 is 0.673 bits per heavy atom. The zero-order valence-electron chi connectivity index (χ0n) is 28.6. The van der Waals surface area contributed by atoms with Gasteiger partial charge in [0.15, 0.2) is 0 Å². The van der Waals surface area contributed by atoms with Crippen LogP contribution in [0.4, 0.5) is 0 Å². The maximum absolute atomic E-state index is 11.8. The van der Waals surface area contributed by atoms with Gasteiger partial charge in [0.05, 0.1) is 13.2 Å². The standard InChI is InChI=1S/C43H46O6/c1-5-9-13-43(49-42(45)8-4)48-35-22-16-31(17-23-35)33-19-25-38-37-24-18-32(28-39(37)36(6-2)40(38)29-33)30-14-20-34(21-15-30)46-26-11-10-12-27-47-41(44)7-3/h7-8,14-25,28-29,36,43H,3-6,9-13,26-27H2,1-2H3. The molecule has 0 heterocycles. The molecule has 49 heavy (non-hydrogen) atoms. The largest absolute Gasteiger partial charge is 0.494 e. The van der Waals surface area contributed by atoms with E-state index in [9.17, 15) is 9.59 Å². The highest BCUT2D eigenvalue weighted by molar-refractivity contribution is 5.84. The summed E-state index contributed by atoms with van der Waals surface area (Å²) in [6.45, 7) is 12.3. The normalized spacial score (nSPS) is 13.5. The number of rotatable bonds is 18. The van der Waals surface area contributed by atoms with E-state index in [2.05, 4.69) is 87.7 Å². The monoisotopic (exact) mass is 658 g/mol. The molecule has 0 aromatic heterocycles. The van der Waals surface area contributed by atoms with Gasteiger partial charge in [-0.2, -0.15) is 0 Å². The van der Waals surface area contributed by atoms with Gasteiger partial charge >= 0.3 is 11.9 Å². The van der Waals surface area contributed by atoms with E-state index in [0.717, 1.165) is 67.0 Å². The van der Waals surface area contributed by atoms with Crippen molar-refractivity contribution in [1.82, 2.24) is 0 Å². The van der Waals surface area contributed by atoms with Crippen LogP contribution in [0.1, 0.15) is 75.8 Å². The highest BCUT2D eigenvalue weighted by Crippen LogP contribution is 2.48. The number of esters is 2. The van der Waals surface area contributed by atoms with Crippen molar-refractivity contribution in [3.05, 3.63) is 121 Å². The number of fused-ring (bicyclic) bond motifs is 3. The fourth-order valence-corrected chi connectivity index (χ4v) is 6.27. The molecule has 1 aliphatic rings. The molecule has 5 rings (SSSR count). The second-order valence-electron chi connectivity index (χ2n) is 12.2. The van der Waals surface area contributed by atoms with Crippen molar-refractivity contribution in [1.29, 1.82) is 0 Å². The first kappa shape index (κ1) is 35.2. The van der Waals surface area contributed by atoms with Gasteiger partial charge in [0.25, 0.3) is 0 Å². The molecule has 2 unspecified atom stereocenters. The van der Waals surface area contributed by atoms with Crippen molar-refractivity contribution in [2.75, 3.05) is 13.2 Å². The summed E-state index contributed by atoms with van der Waals surface area (Å²) < 4.78 is 22.4. The number of benzene rings is 4. The molecule has 4 aromatic rings. The minimum absolute atomic E-state index is 0.314. The predicted octanol–water partition coefficient (Wildman–Crippen LogP) is 10.4. The lowest BCUT2D eigenvalue weighted by molar-refractivity contribution is -0.158. The van der Waals surface area contributed by atoms with Crippen LogP contribution in [-0.2, 0) is 19.1 Å². The van der Waals surface area contributed by atoms with Gasteiger partial charge in [0.1, 0.15) is 11.5 Å². The van der Waals surface area contributed by atoms with Gasteiger partial charge in [-0.05, 0) is 113 Å². The zero-order chi connectivity index (χ0) is 34.6. The summed E-state index contributed by atoms with van der Waals surface area (Å²) in [5, 5.41) is 0. The van der Waals surface area contributed by atoms with Gasteiger partial charge in [0, 0.05) is 24.5 Å². The molecule has 0 fully saturated rings. The molecule has 0 bridgehead atoms. The lowest BCUT2D eigenvalue weighted by Gasteiger charge is -2.19. The molecule has 4 aromatic carbocycles. The fourth-order valence-electron chi connectivity index (χ4n) is 6.27. The van der Waals surface area contributed by atoms with Gasteiger partial charge in [0.2, 0.25) is 6.29 Å². The lowest BCUT2D eigenvalue weighted by Crippen LogP contribution is -2.23. The molecule has 0 N–H and O–H groups in total. The molecule has 0 aliphatic heterocycles. The summed E-state index contributed by atoms with van der Waals surface area (Å²) in [5.41, 5.74) is 9.92. The maximum Gasteiger partial charge on any atom is 0.333 e. The van der Waals surface area contributed by atoms with E-state index in [0.29, 0.717) is 31.3 Å². The van der Waals surface area contributed by atoms with Crippen molar-refractivity contribution in [2.24, 2.45) is 0 Å². The van der Waals surface area contributed by atoms with Gasteiger partial charge in [-0.15, -0.1) is 0 Å². The first-order chi connectivity index (χ1) is 23.9. The van der Waals surface area contributed by atoms with Crippen molar-refractivity contribution < 1.29 is 28.5 Å². The van der Waals surface area contributed by atoms with Crippen LogP contribution in [0, 0.1) is 0 Å². The van der Waals surface area contributed by atoms with Crippen LogP contribution in [0.2, 0.25) is 0 Å². The van der Waals surface area contributed by atoms with Crippen molar-refractivity contribution >= 4 is 11.9 Å². The molecule has 0 saturated carbocycles. The Hall–Kier alpha value is -5.10. The Kier molecular flexibility index (Phi) is 12.5. The average molecular weight is 659 g/mol. The summed E-state index contributed by atoms with van der Waals surface area (Å²) >= 11 is 0. The predicted molar refractivity (Wildman–Crippen MR) is 196 cm³/mol. The minimum atomic E-state index is -0.638. The smallest absolute Gasteiger partial charge is 0.333 e. The minimum Gasteiger partial charge on any atom is -0.494 e. The molecular formula is C43H46O6. The summed E-state index contributed by atoms with van der Waals surface area (Å²) in [4.78, 5) is 22.9.